The summed E-state index contributed by atoms with van der Waals surface area (Å²) < 4.78 is 0. The third-order valence-corrected chi connectivity index (χ3v) is 13.8. The Labute approximate surface area is 476 Å². The molecule has 17 N–H and O–H groups in total. The van der Waals surface area contributed by atoms with Crippen molar-refractivity contribution in [2.45, 2.75) is 205 Å². The van der Waals surface area contributed by atoms with E-state index in [0.29, 0.717) is 19.3 Å². The van der Waals surface area contributed by atoms with Crippen LogP contribution in [-0.4, -0.2) is 194 Å². The van der Waals surface area contributed by atoms with E-state index in [1.807, 2.05) is 0 Å². The quantitative estimate of drug-likeness (QED) is 0.0273. The lowest BCUT2D eigenvalue weighted by molar-refractivity contribution is -0.145. The van der Waals surface area contributed by atoms with Crippen LogP contribution in [0.5, 0.6) is 0 Å². The summed E-state index contributed by atoms with van der Waals surface area (Å²) in [5.41, 5.74) is 16.7. The normalized spacial score (nSPS) is 18.3. The van der Waals surface area contributed by atoms with Gasteiger partial charge in [-0.3, -0.25) is 67.1 Å². The van der Waals surface area contributed by atoms with Crippen molar-refractivity contribution in [3.05, 3.63) is 0 Å². The number of nitrogens with zero attached hydrogens (tertiary/aromatic N) is 2. The molecule has 2 aliphatic rings. The summed E-state index contributed by atoms with van der Waals surface area (Å²) >= 11 is 0. The van der Waals surface area contributed by atoms with E-state index < -0.39 is 187 Å². The van der Waals surface area contributed by atoms with Crippen LogP contribution in [0.4, 0.5) is 0 Å². The van der Waals surface area contributed by atoms with Crippen LogP contribution in [0.25, 0.3) is 0 Å². The van der Waals surface area contributed by atoms with Crippen LogP contribution in [0.3, 0.4) is 0 Å². The summed E-state index contributed by atoms with van der Waals surface area (Å²) in [6, 6.07) is -14.7. The van der Waals surface area contributed by atoms with Crippen molar-refractivity contribution in [2.75, 3.05) is 19.6 Å². The number of aliphatic carboxylic acids is 3. The molecule has 11 amide bonds. The molecule has 0 radical (unpaired) electrons. The fourth-order valence-corrected chi connectivity index (χ4v) is 9.22. The van der Waals surface area contributed by atoms with Crippen molar-refractivity contribution in [2.24, 2.45) is 35.0 Å². The number of likely N-dealkylation sites (tertiary alicyclic amines) is 2. The van der Waals surface area contributed by atoms with E-state index >= 15 is 0 Å². The Hall–Kier alpha value is -7.50. The van der Waals surface area contributed by atoms with Gasteiger partial charge < -0.3 is 84.9 Å². The first-order valence-electron chi connectivity index (χ1n) is 27.8. The molecule has 0 saturated carbocycles. The first kappa shape index (κ1) is 70.6. The summed E-state index contributed by atoms with van der Waals surface area (Å²) in [4.78, 5) is 187. The van der Waals surface area contributed by atoms with Crippen LogP contribution >= 0.6 is 0 Å². The summed E-state index contributed by atoms with van der Waals surface area (Å²) in [6.07, 6.45) is -0.893. The molecule has 0 spiro atoms. The zero-order valence-corrected chi connectivity index (χ0v) is 48.1. The second kappa shape index (κ2) is 34.1. The lowest BCUT2D eigenvalue weighted by Crippen LogP contribution is -2.61. The van der Waals surface area contributed by atoms with Crippen molar-refractivity contribution in [3.8, 4) is 0 Å². The lowest BCUT2D eigenvalue weighted by atomic mass is 9.98. The Bertz CT molecular complexity index is 2320. The predicted octanol–water partition coefficient (Wildman–Crippen LogP) is -3.61. The minimum absolute atomic E-state index is 0.0600. The number of carboxylic acid groups (broad SMARTS) is 3. The summed E-state index contributed by atoms with van der Waals surface area (Å²) in [5, 5.41) is 47.9. The SMILES string of the molecule is CC(C)C[C@H](NC(=O)[C@@H]1CCCN1C(=O)[C@@H](NC(=O)[C@@H]1CCCN1C(=O)[C@H](CCC(=O)O)NC(=O)[C@H](C)N)C(C)C)C(=O)N[C@H](C(=O)N[C@@H](CCCCN)C(=O)N[C@@H](CCC(N)=O)C(=O)N[C@@H](CC(=O)O)C(=O)N[C@@H](C)C(=O)O)C(C)C. The predicted molar refractivity (Wildman–Crippen MR) is 291 cm³/mol. The number of nitrogens with two attached hydrogens (primary N) is 3. The molecule has 30 nitrogen and oxygen atoms in total. The van der Waals surface area contributed by atoms with Crippen molar-refractivity contribution in [1.82, 2.24) is 52.3 Å². The molecule has 0 aromatic carbocycles. The zero-order valence-electron chi connectivity index (χ0n) is 48.1. The molecule has 82 heavy (non-hydrogen) atoms. The van der Waals surface area contributed by atoms with E-state index in [0.717, 1.165) is 6.92 Å². The molecule has 2 fully saturated rings. The van der Waals surface area contributed by atoms with Gasteiger partial charge >= 0.3 is 17.9 Å². The van der Waals surface area contributed by atoms with Gasteiger partial charge in [0.15, 0.2) is 0 Å². The Morgan fingerprint density at radius 2 is 0.976 bits per heavy atom. The van der Waals surface area contributed by atoms with E-state index in [-0.39, 0.29) is 64.1 Å². The number of unbranched alkanes of at least 4 members (excludes halogenated alkanes) is 1. The highest BCUT2D eigenvalue weighted by atomic mass is 16.4. The molecule has 11 atom stereocenters. The smallest absolute Gasteiger partial charge is 0.325 e. The summed E-state index contributed by atoms with van der Waals surface area (Å²) in [5.74, 6) is -14.8. The van der Waals surface area contributed by atoms with Gasteiger partial charge in [0.2, 0.25) is 65.0 Å². The minimum Gasteiger partial charge on any atom is -0.481 e. The Kier molecular flexibility index (Phi) is 29.3. The first-order chi connectivity index (χ1) is 38.3. The molecular formula is C52H87N13O17. The second-order valence-electron chi connectivity index (χ2n) is 22.0. The van der Waals surface area contributed by atoms with Gasteiger partial charge in [-0.15, -0.1) is 0 Å². The second-order valence-corrected chi connectivity index (χ2v) is 22.0. The number of hydrogen-bond acceptors (Lipinski definition) is 16. The molecule has 0 aromatic heterocycles. The minimum atomic E-state index is -1.84. The summed E-state index contributed by atoms with van der Waals surface area (Å²) in [7, 11) is 0. The largest absolute Gasteiger partial charge is 0.481 e. The van der Waals surface area contributed by atoms with Gasteiger partial charge in [0.05, 0.1) is 12.5 Å². The molecule has 0 unspecified atom stereocenters. The zero-order chi connectivity index (χ0) is 62.3. The number of hydrogen-bond donors (Lipinski definition) is 14. The topological polar surface area (TPSA) is 480 Å². The van der Waals surface area contributed by atoms with Gasteiger partial charge in [-0.25, -0.2) is 0 Å². The highest BCUT2D eigenvalue weighted by Crippen LogP contribution is 2.24. The van der Waals surface area contributed by atoms with Crippen LogP contribution in [0.2, 0.25) is 0 Å². The van der Waals surface area contributed by atoms with Gasteiger partial charge in [0.1, 0.15) is 60.4 Å². The highest BCUT2D eigenvalue weighted by Gasteiger charge is 2.44. The molecule has 0 bridgehead atoms. The monoisotopic (exact) mass is 1170 g/mol. The van der Waals surface area contributed by atoms with E-state index in [4.69, 9.17) is 17.2 Å². The number of carbonyl (C=O) groups is 14. The molecule has 30 heteroatoms. The summed E-state index contributed by atoms with van der Waals surface area (Å²) in [6.45, 7) is 13.0. The fourth-order valence-electron chi connectivity index (χ4n) is 9.22. The molecule has 2 saturated heterocycles. The maximum atomic E-state index is 14.4. The number of nitrogens with one attached hydrogen (secondary N) is 8. The molecule has 0 aliphatic carbocycles. The molecule has 2 heterocycles. The molecule has 2 aliphatic heterocycles. The van der Waals surface area contributed by atoms with Crippen molar-refractivity contribution < 1.29 is 82.4 Å². The van der Waals surface area contributed by atoms with Crippen LogP contribution in [0.15, 0.2) is 0 Å². The van der Waals surface area contributed by atoms with Crippen molar-refractivity contribution >= 4 is 82.9 Å². The Morgan fingerprint density at radius 1 is 0.500 bits per heavy atom. The maximum absolute atomic E-state index is 14.4. The van der Waals surface area contributed by atoms with Gasteiger partial charge in [-0.1, -0.05) is 41.5 Å². The van der Waals surface area contributed by atoms with Crippen LogP contribution < -0.4 is 59.7 Å². The number of carbonyl (C=O) groups excluding carboxylic acids is 11. The lowest BCUT2D eigenvalue weighted by Gasteiger charge is -2.33. The number of carboxylic acids is 3. The van der Waals surface area contributed by atoms with E-state index in [2.05, 4.69) is 42.5 Å². The third kappa shape index (κ3) is 22.8. The molecular weight excluding hydrogens is 1080 g/mol. The van der Waals surface area contributed by atoms with E-state index in [1.165, 1.54) is 16.7 Å². The fraction of sp³-hybridized carbons (Fsp3) is 0.731. The Balaban J connectivity index is 2.35. The van der Waals surface area contributed by atoms with Gasteiger partial charge in [-0.05, 0) is 102 Å². The number of rotatable bonds is 35. The highest BCUT2D eigenvalue weighted by molar-refractivity contribution is 6.00. The third-order valence-electron chi connectivity index (χ3n) is 13.8. The molecule has 0 aromatic rings. The van der Waals surface area contributed by atoms with Crippen LogP contribution in [-0.2, 0) is 67.1 Å². The van der Waals surface area contributed by atoms with Crippen LogP contribution in [0.1, 0.15) is 139 Å². The average molecular weight is 1170 g/mol. The Morgan fingerprint density at radius 3 is 1.46 bits per heavy atom. The van der Waals surface area contributed by atoms with Gasteiger partial charge in [-0.2, -0.15) is 0 Å². The number of primary amides is 1. The standard InChI is InChI=1S/C52H87N13O17/c1-25(2)23-33(61-47(76)35-14-12-22-65(35)51(80)41(27(5)6)63-48(77)36-15-11-21-64(36)50(79)32(17-19-38(67)68)59-42(71)28(7)54)46(75)62-40(26(3)4)49(78)58-30(13-9-10-20-53)43(72)57-31(16-18-37(55)66)44(73)60-34(24-39(69)70)45(74)56-29(8)52(81)82/h25-36,40-41H,9-24,53-54H2,1-8H3,(H2,55,66)(H,56,74)(H,57,72)(H,58,78)(H,59,71)(H,60,73)(H,61,76)(H,62,75)(H,63,77)(H,67,68)(H,69,70)(H,81,82)/t28-,29-,30-,31-,32-,33-,34-,35-,36-,40-,41-/m0/s1. The average Bonchev–Trinajstić information content (AvgIpc) is 4.17. The van der Waals surface area contributed by atoms with Gasteiger partial charge in [0, 0.05) is 25.9 Å². The number of amides is 11. The van der Waals surface area contributed by atoms with E-state index in [1.54, 1.807) is 41.5 Å². The molecule has 462 valence electrons. The first-order valence-corrected chi connectivity index (χ1v) is 27.8. The van der Waals surface area contributed by atoms with E-state index in [9.17, 15) is 82.4 Å². The van der Waals surface area contributed by atoms with Crippen molar-refractivity contribution in [1.29, 1.82) is 0 Å². The van der Waals surface area contributed by atoms with Crippen molar-refractivity contribution in [3.63, 3.8) is 0 Å². The maximum Gasteiger partial charge on any atom is 0.325 e. The molecule has 2 rings (SSSR count). The van der Waals surface area contributed by atoms with Gasteiger partial charge in [0.25, 0.3) is 0 Å². The van der Waals surface area contributed by atoms with Crippen LogP contribution in [0, 0.1) is 17.8 Å².